The number of fused-ring (bicyclic) bond motifs is 2. The minimum absolute atomic E-state index is 0.121. The van der Waals surface area contributed by atoms with E-state index in [9.17, 15) is 23.6 Å². The molecular formula is C32H33FN2O5S. The minimum Gasteiger partial charge on any atom is -0.465 e. The van der Waals surface area contributed by atoms with Gasteiger partial charge in [-0.3, -0.25) is 19.3 Å². The molecule has 1 N–H and O–H groups in total. The highest BCUT2D eigenvalue weighted by Crippen LogP contribution is 2.60. The number of carbonyl (C=O) groups is 4. The van der Waals surface area contributed by atoms with Gasteiger partial charge in [0.2, 0.25) is 17.7 Å². The van der Waals surface area contributed by atoms with Crippen molar-refractivity contribution in [2.24, 2.45) is 16.7 Å². The number of benzene rings is 2. The van der Waals surface area contributed by atoms with E-state index < -0.39 is 34.6 Å². The van der Waals surface area contributed by atoms with Crippen molar-refractivity contribution in [2.45, 2.75) is 53.0 Å². The number of nitrogens with zero attached hydrogens (tertiary/aromatic N) is 1. The molecule has 1 saturated heterocycles. The number of likely N-dealkylation sites (tertiary alicyclic amines) is 1. The fraction of sp³-hybridized carbons (Fsp3) is 0.375. The van der Waals surface area contributed by atoms with Gasteiger partial charge in [-0.2, -0.15) is 0 Å². The zero-order valence-corrected chi connectivity index (χ0v) is 24.6. The molecule has 2 fully saturated rings. The summed E-state index contributed by atoms with van der Waals surface area (Å²) in [5, 5.41) is 3.11. The Bertz CT molecular complexity index is 1530. The Morgan fingerprint density at radius 1 is 1.10 bits per heavy atom. The van der Waals surface area contributed by atoms with Gasteiger partial charge < -0.3 is 10.1 Å². The second-order valence-corrected chi connectivity index (χ2v) is 12.8. The summed E-state index contributed by atoms with van der Waals surface area (Å²) in [5.74, 6) is -2.72. The third kappa shape index (κ3) is 4.66. The molecule has 2 bridgehead atoms. The monoisotopic (exact) mass is 576 g/mol. The first kappa shape index (κ1) is 28.7. The maximum Gasteiger partial charge on any atom is 0.341 e. The van der Waals surface area contributed by atoms with Crippen LogP contribution >= 0.6 is 11.3 Å². The van der Waals surface area contributed by atoms with Crippen LogP contribution in [0.1, 0.15) is 54.4 Å². The number of halogens is 1. The summed E-state index contributed by atoms with van der Waals surface area (Å²) in [5.41, 5.74) is 0.728. The topological polar surface area (TPSA) is 92.8 Å². The van der Waals surface area contributed by atoms with Crippen LogP contribution in [-0.2, 0) is 25.5 Å². The Morgan fingerprint density at radius 3 is 2.39 bits per heavy atom. The number of carbonyl (C=O) groups excluding carboxylic acids is 4. The summed E-state index contributed by atoms with van der Waals surface area (Å²) in [6.45, 7) is 7.60. The first-order valence-corrected chi connectivity index (χ1v) is 14.4. The van der Waals surface area contributed by atoms with Crippen molar-refractivity contribution >= 4 is 40.0 Å². The van der Waals surface area contributed by atoms with Crippen LogP contribution in [0.4, 0.5) is 9.39 Å². The van der Waals surface area contributed by atoms with Crippen molar-refractivity contribution in [3.8, 4) is 11.1 Å². The van der Waals surface area contributed by atoms with Gasteiger partial charge in [-0.1, -0.05) is 63.2 Å². The molecule has 2 aromatic carbocycles. The van der Waals surface area contributed by atoms with E-state index in [2.05, 4.69) is 5.32 Å². The predicted molar refractivity (Wildman–Crippen MR) is 155 cm³/mol. The van der Waals surface area contributed by atoms with E-state index >= 15 is 0 Å². The van der Waals surface area contributed by atoms with E-state index in [0.29, 0.717) is 28.8 Å². The SMILES string of the molecule is COC(=O)c1c(NC(=O)C(Cc2ccccc2)N2C(=O)C3CCC(C)(C2=O)C3(C)C)sc(C)c1-c1ccc(F)cc1. The Hall–Kier alpha value is -3.85. The molecule has 1 aromatic heterocycles. The van der Waals surface area contributed by atoms with E-state index in [4.69, 9.17) is 4.74 Å². The highest BCUT2D eigenvalue weighted by Gasteiger charge is 2.65. The maximum absolute atomic E-state index is 14.1. The number of ether oxygens (including phenoxy) is 1. The average molecular weight is 577 g/mol. The van der Waals surface area contributed by atoms with Crippen molar-refractivity contribution < 1.29 is 28.3 Å². The molecule has 214 valence electrons. The molecule has 3 unspecified atom stereocenters. The smallest absolute Gasteiger partial charge is 0.341 e. The standard InChI is InChI=1S/C32H33FN2O5S/c1-18-24(20-11-13-21(33)14-12-20)25(29(38)40-5)27(41-18)34-26(36)23(17-19-9-7-6-8-10-19)35-28(37)22-15-16-32(4,30(35)39)31(22,2)3/h6-14,22-23H,15-17H2,1-5H3,(H,34,36). The lowest BCUT2D eigenvalue weighted by Gasteiger charge is -2.49. The number of rotatable bonds is 7. The van der Waals surface area contributed by atoms with E-state index in [0.717, 1.165) is 5.56 Å². The summed E-state index contributed by atoms with van der Waals surface area (Å²) in [4.78, 5) is 56.9. The Kier molecular flexibility index (Phi) is 7.36. The molecule has 0 radical (unpaired) electrons. The summed E-state index contributed by atoms with van der Waals surface area (Å²) >= 11 is 1.18. The molecule has 5 rings (SSSR count). The summed E-state index contributed by atoms with van der Waals surface area (Å²) < 4.78 is 18.7. The third-order valence-corrected chi connectivity index (χ3v) is 10.2. The van der Waals surface area contributed by atoms with E-state index in [1.165, 1.54) is 35.5 Å². The van der Waals surface area contributed by atoms with E-state index in [-0.39, 0.29) is 34.7 Å². The molecule has 2 aliphatic rings. The van der Waals surface area contributed by atoms with Crippen molar-refractivity contribution in [3.63, 3.8) is 0 Å². The van der Waals surface area contributed by atoms with Crippen LogP contribution in [0.15, 0.2) is 54.6 Å². The number of imide groups is 1. The summed E-state index contributed by atoms with van der Waals surface area (Å²) in [7, 11) is 1.25. The molecule has 0 spiro atoms. The van der Waals surface area contributed by atoms with Crippen molar-refractivity contribution in [2.75, 3.05) is 12.4 Å². The van der Waals surface area contributed by atoms with Gasteiger partial charge in [-0.15, -0.1) is 11.3 Å². The number of methoxy groups -OCH3 is 1. The van der Waals surface area contributed by atoms with Crippen LogP contribution in [0.3, 0.4) is 0 Å². The number of piperidine rings is 1. The number of esters is 1. The molecule has 9 heteroatoms. The molecule has 7 nitrogen and oxygen atoms in total. The van der Waals surface area contributed by atoms with Gasteiger partial charge in [0.25, 0.3) is 0 Å². The number of aryl methyl sites for hydroxylation is 1. The van der Waals surface area contributed by atoms with Crippen LogP contribution in [-0.4, -0.2) is 41.7 Å². The lowest BCUT2D eigenvalue weighted by atomic mass is 9.62. The fourth-order valence-corrected chi connectivity index (χ4v) is 7.44. The Balaban J connectivity index is 1.57. The van der Waals surface area contributed by atoms with Crippen LogP contribution in [0.25, 0.3) is 11.1 Å². The van der Waals surface area contributed by atoms with Crippen LogP contribution in [0.2, 0.25) is 0 Å². The number of anilines is 1. The van der Waals surface area contributed by atoms with Gasteiger partial charge in [-0.05, 0) is 48.4 Å². The van der Waals surface area contributed by atoms with Crippen molar-refractivity contribution in [1.29, 1.82) is 0 Å². The van der Waals surface area contributed by atoms with Gasteiger partial charge in [0.1, 0.15) is 22.4 Å². The first-order valence-electron chi connectivity index (χ1n) is 13.6. The number of thiophene rings is 1. The number of hydrogen-bond acceptors (Lipinski definition) is 6. The van der Waals surface area contributed by atoms with Gasteiger partial charge in [-0.25, -0.2) is 9.18 Å². The largest absolute Gasteiger partial charge is 0.465 e. The molecular weight excluding hydrogens is 543 g/mol. The molecule has 1 saturated carbocycles. The van der Waals surface area contributed by atoms with Gasteiger partial charge in [0.05, 0.1) is 12.5 Å². The van der Waals surface area contributed by atoms with Crippen molar-refractivity contribution in [1.82, 2.24) is 4.90 Å². The highest BCUT2D eigenvalue weighted by molar-refractivity contribution is 7.17. The molecule has 3 atom stereocenters. The summed E-state index contributed by atoms with van der Waals surface area (Å²) in [6, 6.07) is 13.8. The number of nitrogens with one attached hydrogen (secondary N) is 1. The van der Waals surface area contributed by atoms with E-state index in [1.54, 1.807) is 19.1 Å². The molecule has 2 heterocycles. The second-order valence-electron chi connectivity index (χ2n) is 11.6. The maximum atomic E-state index is 14.1. The lowest BCUT2D eigenvalue weighted by Crippen LogP contribution is -2.64. The normalized spacial score (nSPS) is 22.0. The average Bonchev–Trinajstić information content (AvgIpc) is 3.36. The third-order valence-electron chi connectivity index (χ3n) is 9.18. The minimum atomic E-state index is -1.13. The summed E-state index contributed by atoms with van der Waals surface area (Å²) in [6.07, 6.45) is 1.28. The highest BCUT2D eigenvalue weighted by atomic mass is 32.1. The van der Waals surface area contributed by atoms with Crippen LogP contribution in [0.5, 0.6) is 0 Å². The lowest BCUT2D eigenvalue weighted by molar-refractivity contribution is -0.172. The Labute approximate surface area is 242 Å². The molecule has 3 aromatic rings. The zero-order chi connectivity index (χ0) is 29.7. The quantitative estimate of drug-likeness (QED) is 0.275. The Morgan fingerprint density at radius 2 is 1.76 bits per heavy atom. The van der Waals surface area contributed by atoms with Crippen LogP contribution < -0.4 is 5.32 Å². The second kappa shape index (κ2) is 10.5. The predicted octanol–water partition coefficient (Wildman–Crippen LogP) is 6.01. The van der Waals surface area contributed by atoms with Crippen LogP contribution in [0, 0.1) is 29.5 Å². The van der Waals surface area contributed by atoms with Crippen molar-refractivity contribution in [3.05, 3.63) is 76.4 Å². The van der Waals surface area contributed by atoms with Gasteiger partial charge in [0.15, 0.2) is 0 Å². The molecule has 3 amide bonds. The zero-order valence-electron chi connectivity index (χ0n) is 23.7. The molecule has 41 heavy (non-hydrogen) atoms. The molecule has 1 aliphatic carbocycles. The number of hydrogen-bond donors (Lipinski definition) is 1. The van der Waals surface area contributed by atoms with Gasteiger partial charge >= 0.3 is 5.97 Å². The number of amides is 3. The van der Waals surface area contributed by atoms with Gasteiger partial charge in [0, 0.05) is 22.8 Å². The molecule has 1 aliphatic heterocycles. The van der Waals surface area contributed by atoms with E-state index in [1.807, 2.05) is 51.1 Å². The first-order chi connectivity index (χ1) is 19.4. The fourth-order valence-electron chi connectivity index (χ4n) is 6.37.